The van der Waals surface area contributed by atoms with E-state index in [0.29, 0.717) is 10.8 Å². The fourth-order valence-corrected chi connectivity index (χ4v) is 7.62. The fraction of sp³-hybridized carbons (Fsp3) is 0.744. The molecule has 228 valence electrons. The van der Waals surface area contributed by atoms with Crippen LogP contribution in [0.1, 0.15) is 169 Å². The van der Waals surface area contributed by atoms with Gasteiger partial charge in [-0.05, 0) is 93.6 Å². The molecule has 0 saturated heterocycles. The minimum atomic E-state index is 0.365. The van der Waals surface area contributed by atoms with Crippen molar-refractivity contribution >= 4 is 5.69 Å². The summed E-state index contributed by atoms with van der Waals surface area (Å²) in [6.07, 6.45) is 30.4. The summed E-state index contributed by atoms with van der Waals surface area (Å²) >= 11 is 0. The van der Waals surface area contributed by atoms with Crippen LogP contribution in [0.25, 0.3) is 0 Å². The van der Waals surface area contributed by atoms with Crippen LogP contribution in [0.2, 0.25) is 0 Å². The summed E-state index contributed by atoms with van der Waals surface area (Å²) in [4.78, 5) is 0. The molecule has 0 amide bonds. The third-order valence-electron chi connectivity index (χ3n) is 10.2. The van der Waals surface area contributed by atoms with E-state index in [9.17, 15) is 0 Å². The van der Waals surface area contributed by atoms with Crippen molar-refractivity contribution in [2.45, 2.75) is 170 Å². The van der Waals surface area contributed by atoms with Gasteiger partial charge < -0.3 is 5.32 Å². The monoisotopic (exact) mass is 550 g/mol. The molecular weight excluding hydrogens is 482 g/mol. The second kappa shape index (κ2) is 18.1. The van der Waals surface area contributed by atoms with E-state index in [1.165, 1.54) is 126 Å². The molecule has 2 aliphatic carbocycles. The number of hydrogen-bond donors (Lipinski definition) is 1. The average molecular weight is 550 g/mol. The highest BCUT2D eigenvalue weighted by molar-refractivity contribution is 5.62. The van der Waals surface area contributed by atoms with E-state index in [4.69, 9.17) is 0 Å². The maximum absolute atomic E-state index is 3.69. The number of nitrogens with one attached hydrogen (secondary N) is 1. The molecular formula is C39H67N. The first kappa shape index (κ1) is 34.7. The molecule has 1 aromatic carbocycles. The molecule has 0 spiro atoms. The number of unbranched alkanes of at least 4 members (excludes halogenated alkanes) is 3. The van der Waals surface area contributed by atoms with Gasteiger partial charge >= 0.3 is 0 Å². The highest BCUT2D eigenvalue weighted by Gasteiger charge is 2.44. The van der Waals surface area contributed by atoms with E-state index in [0.717, 1.165) is 11.8 Å². The third kappa shape index (κ3) is 9.80. The number of allylic oxidation sites excluding steroid dienone is 4. The molecule has 2 heterocycles. The molecule has 2 bridgehead atoms. The minimum absolute atomic E-state index is 0.365. The Bertz CT molecular complexity index is 890. The van der Waals surface area contributed by atoms with Crippen molar-refractivity contribution in [1.82, 2.24) is 0 Å². The number of rotatable bonds is 10. The molecule has 1 aromatic rings. The fourth-order valence-electron chi connectivity index (χ4n) is 7.62. The van der Waals surface area contributed by atoms with E-state index in [1.54, 1.807) is 5.56 Å². The Kier molecular flexibility index (Phi) is 15.7. The predicted molar refractivity (Wildman–Crippen MR) is 181 cm³/mol. The summed E-state index contributed by atoms with van der Waals surface area (Å²) in [5.41, 5.74) is 6.69. The Morgan fingerprint density at radius 3 is 2.30 bits per heavy atom. The molecule has 4 atom stereocenters. The lowest BCUT2D eigenvalue weighted by Crippen LogP contribution is -2.35. The maximum Gasteiger partial charge on any atom is 0.0420 e. The van der Waals surface area contributed by atoms with Crippen LogP contribution < -0.4 is 5.32 Å². The first-order valence-electron chi connectivity index (χ1n) is 17.6. The van der Waals surface area contributed by atoms with Gasteiger partial charge in [-0.15, -0.1) is 0 Å². The highest BCUT2D eigenvalue weighted by atomic mass is 14.9. The van der Waals surface area contributed by atoms with Gasteiger partial charge in [-0.1, -0.05) is 136 Å². The normalized spacial score (nSPS) is 27.2. The number of benzene rings is 1. The van der Waals surface area contributed by atoms with Crippen molar-refractivity contribution in [2.24, 2.45) is 17.3 Å². The average Bonchev–Trinajstić information content (AvgIpc) is 3.29. The van der Waals surface area contributed by atoms with Crippen molar-refractivity contribution in [3.8, 4) is 0 Å². The molecule has 1 saturated carbocycles. The molecule has 1 heteroatoms. The van der Waals surface area contributed by atoms with E-state index < -0.39 is 0 Å². The smallest absolute Gasteiger partial charge is 0.0420 e. The van der Waals surface area contributed by atoms with Crippen molar-refractivity contribution in [2.75, 3.05) is 5.32 Å². The molecule has 4 aliphatic rings. The van der Waals surface area contributed by atoms with Crippen LogP contribution >= 0.6 is 0 Å². The molecule has 0 aromatic heterocycles. The van der Waals surface area contributed by atoms with E-state index in [2.05, 4.69) is 97.1 Å². The molecule has 40 heavy (non-hydrogen) atoms. The summed E-state index contributed by atoms with van der Waals surface area (Å²) in [6.45, 7) is 18.4. The van der Waals surface area contributed by atoms with Crippen molar-refractivity contribution in [1.29, 1.82) is 0 Å². The van der Waals surface area contributed by atoms with E-state index in [1.807, 2.05) is 0 Å². The minimum Gasteiger partial charge on any atom is -0.359 e. The van der Waals surface area contributed by atoms with Gasteiger partial charge in [-0.3, -0.25) is 0 Å². The third-order valence-corrected chi connectivity index (χ3v) is 10.2. The summed E-state index contributed by atoms with van der Waals surface area (Å²) in [6, 6.07) is 6.94. The predicted octanol–water partition coefficient (Wildman–Crippen LogP) is 13.1. The van der Waals surface area contributed by atoms with Crippen molar-refractivity contribution < 1.29 is 0 Å². The van der Waals surface area contributed by atoms with Gasteiger partial charge in [0, 0.05) is 16.8 Å². The van der Waals surface area contributed by atoms with Gasteiger partial charge in [0.05, 0.1) is 0 Å². The molecule has 1 nitrogen and oxygen atoms in total. The standard InChI is InChI=1S/C18H25N.C15H28.C6H14/c1-4-6-14-12-15-9-10-18(14,5-2)16-11-13(3)7-8-17(16)19-15;1-4-6-11-15(10-5-2)12-7-8-14(3)9-13-15;1-3-5-6-4-2/h7-9,11,14,19H,4-6,10,12H2,1-3H3;6,11,14H,4-5,7-10,12-13H2,1-3H3;3-6H2,1-2H3/b;11-6+;. The van der Waals surface area contributed by atoms with Gasteiger partial charge in [0.2, 0.25) is 0 Å². The lowest BCUT2D eigenvalue weighted by molar-refractivity contribution is 0.231. The number of aryl methyl sites for hydroxylation is 1. The topological polar surface area (TPSA) is 12.0 Å². The van der Waals surface area contributed by atoms with Crippen molar-refractivity contribution in [3.63, 3.8) is 0 Å². The SMILES string of the molecule is CC/C=C/C1(CCC)CCCC(C)CC1.CCCC1CC2=CCC1(CC)c1cc(C)ccc1N2.CCCCCC. The molecule has 0 radical (unpaired) electrons. The molecule has 1 fully saturated rings. The maximum atomic E-state index is 3.69. The Morgan fingerprint density at radius 1 is 0.925 bits per heavy atom. The Balaban J connectivity index is 0.000000239. The van der Waals surface area contributed by atoms with Crippen LogP contribution in [0, 0.1) is 24.2 Å². The van der Waals surface area contributed by atoms with Crippen LogP contribution in [-0.4, -0.2) is 0 Å². The number of anilines is 1. The van der Waals surface area contributed by atoms with Gasteiger partial charge in [0.25, 0.3) is 0 Å². The van der Waals surface area contributed by atoms with Gasteiger partial charge in [-0.25, -0.2) is 0 Å². The van der Waals surface area contributed by atoms with Crippen LogP contribution in [0.4, 0.5) is 5.69 Å². The summed E-state index contributed by atoms with van der Waals surface area (Å²) < 4.78 is 0. The zero-order valence-corrected chi connectivity index (χ0v) is 28.1. The van der Waals surface area contributed by atoms with Gasteiger partial charge in [0.15, 0.2) is 0 Å². The summed E-state index contributed by atoms with van der Waals surface area (Å²) in [7, 11) is 0. The van der Waals surface area contributed by atoms with E-state index in [-0.39, 0.29) is 0 Å². The van der Waals surface area contributed by atoms with Crippen LogP contribution in [0.15, 0.2) is 42.1 Å². The first-order valence-corrected chi connectivity index (χ1v) is 17.6. The zero-order valence-electron chi connectivity index (χ0n) is 28.1. The Morgan fingerprint density at radius 2 is 1.68 bits per heavy atom. The lowest BCUT2D eigenvalue weighted by atomic mass is 9.62. The second-order valence-corrected chi connectivity index (χ2v) is 13.5. The summed E-state index contributed by atoms with van der Waals surface area (Å²) in [5.74, 6) is 1.76. The molecule has 2 aliphatic heterocycles. The van der Waals surface area contributed by atoms with Gasteiger partial charge in [-0.2, -0.15) is 0 Å². The van der Waals surface area contributed by atoms with Crippen LogP contribution in [0.5, 0.6) is 0 Å². The lowest BCUT2D eigenvalue weighted by Gasteiger charge is -2.41. The molecule has 1 N–H and O–H groups in total. The Hall–Kier alpha value is -1.50. The quantitative estimate of drug-likeness (QED) is 0.174. The van der Waals surface area contributed by atoms with Crippen LogP contribution in [-0.2, 0) is 5.41 Å². The van der Waals surface area contributed by atoms with E-state index >= 15 is 0 Å². The first-order chi connectivity index (χ1) is 19.3. The van der Waals surface area contributed by atoms with Gasteiger partial charge in [0.1, 0.15) is 0 Å². The molecule has 5 rings (SSSR count). The summed E-state index contributed by atoms with van der Waals surface area (Å²) in [5, 5.41) is 3.69. The Labute approximate surface area is 251 Å². The zero-order chi connectivity index (χ0) is 29.4. The van der Waals surface area contributed by atoms with Crippen LogP contribution in [0.3, 0.4) is 0 Å². The molecule has 4 unspecified atom stereocenters. The second-order valence-electron chi connectivity index (χ2n) is 13.5. The number of fused-ring (bicyclic) bond motifs is 2. The highest BCUT2D eigenvalue weighted by Crippen LogP contribution is 2.52. The van der Waals surface area contributed by atoms with Crippen molar-refractivity contribution in [3.05, 3.63) is 53.3 Å². The largest absolute Gasteiger partial charge is 0.359 e. The number of hydrogen-bond acceptors (Lipinski definition) is 1.